The van der Waals surface area contributed by atoms with E-state index < -0.39 is 27.3 Å². The molecule has 1 aliphatic heterocycles. The van der Waals surface area contributed by atoms with E-state index >= 15 is 0 Å². The Morgan fingerprint density at radius 2 is 1.54 bits per heavy atom. The van der Waals surface area contributed by atoms with Gasteiger partial charge in [-0.1, -0.05) is 48.5 Å². The molecule has 1 aromatic heterocycles. The number of nitrogens with one attached hydrogen (secondary N) is 2. The summed E-state index contributed by atoms with van der Waals surface area (Å²) in [5.41, 5.74) is 0.900. The van der Waals surface area contributed by atoms with Crippen LogP contribution < -0.4 is 10.3 Å². The maximum atomic E-state index is 13.5. The summed E-state index contributed by atoms with van der Waals surface area (Å²) in [6.07, 6.45) is -2.92. The zero-order valence-corrected chi connectivity index (χ0v) is 21.9. The van der Waals surface area contributed by atoms with E-state index in [1.54, 1.807) is 18.2 Å². The molecule has 0 saturated carbocycles. The molecule has 0 bridgehead atoms. The summed E-state index contributed by atoms with van der Waals surface area (Å²) in [7, 11) is -3.71. The third-order valence-corrected chi connectivity index (χ3v) is 8.55. The number of rotatable bonds is 7. The molecule has 0 aliphatic carbocycles. The van der Waals surface area contributed by atoms with Crippen LogP contribution in [0.3, 0.4) is 0 Å². The fourth-order valence-electron chi connectivity index (χ4n) is 5.01. The van der Waals surface area contributed by atoms with Crippen molar-refractivity contribution in [2.24, 2.45) is 0 Å². The number of alkyl halides is 3. The SMILES string of the molecule is O=c1cc(C(F)(F)F)c2cc(Cc3ccc(S(=O)(=O)NC4CCN(Cc5ccccc5)CC4)cc3)ccc2[nH]1. The lowest BCUT2D eigenvalue weighted by atomic mass is 10.0. The van der Waals surface area contributed by atoms with Crippen LogP contribution in [0.15, 0.2) is 88.6 Å². The van der Waals surface area contributed by atoms with Gasteiger partial charge in [0.25, 0.3) is 0 Å². The Morgan fingerprint density at radius 3 is 2.21 bits per heavy atom. The summed E-state index contributed by atoms with van der Waals surface area (Å²) < 4.78 is 69.2. The number of nitrogens with zero attached hydrogens (tertiary/aromatic N) is 1. The molecule has 6 nitrogen and oxygen atoms in total. The smallest absolute Gasteiger partial charge is 0.322 e. The number of aromatic nitrogens is 1. The van der Waals surface area contributed by atoms with Gasteiger partial charge in [-0.15, -0.1) is 0 Å². The lowest BCUT2D eigenvalue weighted by molar-refractivity contribution is -0.136. The predicted molar refractivity (Wildman–Crippen MR) is 144 cm³/mol. The molecule has 0 spiro atoms. The van der Waals surface area contributed by atoms with E-state index in [0.29, 0.717) is 18.1 Å². The summed E-state index contributed by atoms with van der Waals surface area (Å²) in [6.45, 7) is 2.45. The average Bonchev–Trinajstić information content (AvgIpc) is 2.90. The van der Waals surface area contributed by atoms with E-state index in [4.69, 9.17) is 0 Å². The van der Waals surface area contributed by atoms with Gasteiger partial charge in [0.2, 0.25) is 15.6 Å². The van der Waals surface area contributed by atoms with Crippen molar-refractivity contribution in [3.8, 4) is 0 Å². The maximum Gasteiger partial charge on any atom is 0.417 e. The Kier molecular flexibility index (Phi) is 7.61. The zero-order valence-electron chi connectivity index (χ0n) is 21.0. The van der Waals surface area contributed by atoms with Crippen LogP contribution in [0.4, 0.5) is 13.2 Å². The normalized spacial score (nSPS) is 15.6. The number of piperidine rings is 1. The summed E-state index contributed by atoms with van der Waals surface area (Å²) in [5, 5.41) is -0.0854. The highest BCUT2D eigenvalue weighted by atomic mass is 32.2. The molecule has 39 heavy (non-hydrogen) atoms. The van der Waals surface area contributed by atoms with Crippen molar-refractivity contribution in [1.29, 1.82) is 0 Å². The molecule has 4 aromatic rings. The predicted octanol–water partition coefficient (Wildman–Crippen LogP) is 5.08. The number of hydrogen-bond acceptors (Lipinski definition) is 4. The molecule has 1 saturated heterocycles. The number of hydrogen-bond donors (Lipinski definition) is 2. The monoisotopic (exact) mass is 555 g/mol. The van der Waals surface area contributed by atoms with Gasteiger partial charge >= 0.3 is 6.18 Å². The first-order chi connectivity index (χ1) is 18.6. The summed E-state index contributed by atoms with van der Waals surface area (Å²) >= 11 is 0. The number of H-pyrrole nitrogens is 1. The first-order valence-electron chi connectivity index (χ1n) is 12.7. The molecular weight excluding hydrogens is 527 g/mol. The van der Waals surface area contributed by atoms with Crippen molar-refractivity contribution in [3.63, 3.8) is 0 Å². The highest BCUT2D eigenvalue weighted by molar-refractivity contribution is 7.89. The Labute approximate surface area is 224 Å². The van der Waals surface area contributed by atoms with Gasteiger partial charge in [-0.3, -0.25) is 9.69 Å². The third kappa shape index (κ3) is 6.58. The molecule has 0 unspecified atom stereocenters. The molecule has 10 heteroatoms. The van der Waals surface area contributed by atoms with Gasteiger partial charge in [-0.25, -0.2) is 13.1 Å². The van der Waals surface area contributed by atoms with Crippen LogP contribution in [0.1, 0.15) is 35.1 Å². The van der Waals surface area contributed by atoms with Crippen molar-refractivity contribution in [2.45, 2.75) is 42.9 Å². The lowest BCUT2D eigenvalue weighted by Gasteiger charge is -2.32. The highest BCUT2D eigenvalue weighted by Gasteiger charge is 2.33. The van der Waals surface area contributed by atoms with Crippen LogP contribution in [-0.4, -0.2) is 37.4 Å². The Balaban J connectivity index is 1.23. The largest absolute Gasteiger partial charge is 0.417 e. The molecule has 1 fully saturated rings. The number of sulfonamides is 1. The minimum atomic E-state index is -4.66. The van der Waals surface area contributed by atoms with Gasteiger partial charge in [0.15, 0.2) is 0 Å². The number of likely N-dealkylation sites (tertiary alicyclic amines) is 1. The van der Waals surface area contributed by atoms with Crippen LogP contribution in [0, 0.1) is 0 Å². The molecule has 0 radical (unpaired) electrons. The van der Waals surface area contributed by atoms with Gasteiger partial charge in [-0.05, 0) is 60.2 Å². The van der Waals surface area contributed by atoms with Gasteiger partial charge in [-0.2, -0.15) is 13.2 Å². The van der Waals surface area contributed by atoms with Crippen molar-refractivity contribution >= 4 is 20.9 Å². The van der Waals surface area contributed by atoms with Crippen molar-refractivity contribution in [2.75, 3.05) is 13.1 Å². The van der Waals surface area contributed by atoms with Crippen LogP contribution >= 0.6 is 0 Å². The number of fused-ring (bicyclic) bond motifs is 1. The second-order valence-electron chi connectivity index (χ2n) is 9.90. The third-order valence-electron chi connectivity index (χ3n) is 7.01. The highest BCUT2D eigenvalue weighted by Crippen LogP contribution is 2.33. The van der Waals surface area contributed by atoms with E-state index in [-0.39, 0.29) is 21.8 Å². The molecule has 0 amide bonds. The Morgan fingerprint density at radius 1 is 0.872 bits per heavy atom. The van der Waals surface area contributed by atoms with Crippen LogP contribution in [0.25, 0.3) is 10.9 Å². The molecule has 5 rings (SSSR count). The van der Waals surface area contributed by atoms with Gasteiger partial charge in [0.05, 0.1) is 10.5 Å². The summed E-state index contributed by atoms with van der Waals surface area (Å²) in [5.74, 6) is 0. The Hall–Kier alpha value is -3.47. The topological polar surface area (TPSA) is 82.3 Å². The second kappa shape index (κ2) is 11.0. The Bertz CT molecular complexity index is 1610. The van der Waals surface area contributed by atoms with Crippen LogP contribution in [0.5, 0.6) is 0 Å². The van der Waals surface area contributed by atoms with Gasteiger partial charge in [0.1, 0.15) is 0 Å². The standard InChI is InChI=1S/C29H28F3N3O3S/c30-29(31,32)26-18-28(36)33-27-11-8-22(17-25(26)27)16-20-6-9-24(10-7-20)39(37,38)34-23-12-14-35(15-13-23)19-21-4-2-1-3-5-21/h1-11,17-18,23,34H,12-16,19H2,(H,33,36). The van der Waals surface area contributed by atoms with E-state index in [1.165, 1.54) is 29.8 Å². The molecule has 204 valence electrons. The number of halogens is 3. The average molecular weight is 556 g/mol. The number of aromatic amines is 1. The van der Waals surface area contributed by atoms with E-state index in [0.717, 1.165) is 38.0 Å². The van der Waals surface area contributed by atoms with Gasteiger partial charge in [0, 0.05) is 42.6 Å². The summed E-state index contributed by atoms with van der Waals surface area (Å²) in [4.78, 5) is 16.5. The second-order valence-corrected chi connectivity index (χ2v) is 11.6. The van der Waals surface area contributed by atoms with Crippen molar-refractivity contribution in [3.05, 3.63) is 111 Å². The molecule has 0 atom stereocenters. The molecule has 2 heterocycles. The minimum absolute atomic E-state index is 0.0854. The fraction of sp³-hybridized carbons (Fsp3) is 0.276. The zero-order chi connectivity index (χ0) is 27.6. The minimum Gasteiger partial charge on any atom is -0.322 e. The van der Waals surface area contributed by atoms with Crippen molar-refractivity contribution < 1.29 is 21.6 Å². The lowest BCUT2D eigenvalue weighted by Crippen LogP contribution is -2.44. The molecular formula is C29H28F3N3O3S. The molecule has 2 N–H and O–H groups in total. The van der Waals surface area contributed by atoms with Crippen LogP contribution in [-0.2, 0) is 29.2 Å². The number of benzene rings is 3. The van der Waals surface area contributed by atoms with Crippen LogP contribution in [0.2, 0.25) is 0 Å². The van der Waals surface area contributed by atoms with E-state index in [2.05, 4.69) is 26.7 Å². The number of pyridine rings is 1. The molecule has 1 aliphatic rings. The van der Waals surface area contributed by atoms with Gasteiger partial charge < -0.3 is 4.98 Å². The summed E-state index contributed by atoms with van der Waals surface area (Å²) in [6, 6.07) is 21.5. The maximum absolute atomic E-state index is 13.5. The molecule has 3 aromatic carbocycles. The first-order valence-corrected chi connectivity index (χ1v) is 14.2. The quantitative estimate of drug-likeness (QED) is 0.333. The van der Waals surface area contributed by atoms with E-state index in [9.17, 15) is 26.4 Å². The first kappa shape index (κ1) is 27.1. The fourth-order valence-corrected chi connectivity index (χ4v) is 6.31. The van der Waals surface area contributed by atoms with Crippen molar-refractivity contribution in [1.82, 2.24) is 14.6 Å². The van der Waals surface area contributed by atoms with E-state index in [1.807, 2.05) is 18.2 Å².